The van der Waals surface area contributed by atoms with Crippen molar-refractivity contribution in [2.24, 2.45) is 0 Å². The molecule has 1 saturated heterocycles. The van der Waals surface area contributed by atoms with Crippen LogP contribution >= 0.6 is 0 Å². The maximum Gasteiger partial charge on any atom is 0.251 e. The van der Waals surface area contributed by atoms with Crippen molar-refractivity contribution in [3.8, 4) is 17.2 Å². The normalized spacial score (nSPS) is 15.9. The van der Waals surface area contributed by atoms with Crippen molar-refractivity contribution in [1.82, 2.24) is 5.32 Å². The first-order valence-corrected chi connectivity index (χ1v) is 9.70. The molecule has 7 heteroatoms. The second kappa shape index (κ2) is 9.32. The zero-order valence-electron chi connectivity index (χ0n) is 16.9. The molecule has 0 aliphatic carbocycles. The Morgan fingerprint density at radius 3 is 2.41 bits per heavy atom. The topological polar surface area (TPSA) is 77.1 Å². The Kier molecular flexibility index (Phi) is 6.59. The van der Waals surface area contributed by atoms with E-state index >= 15 is 0 Å². The van der Waals surface area contributed by atoms with Gasteiger partial charge in [-0.3, -0.25) is 9.59 Å². The molecule has 2 amide bonds. The highest BCUT2D eigenvalue weighted by molar-refractivity contribution is 5.99. The third-order valence-corrected chi connectivity index (χ3v) is 4.65. The third-order valence-electron chi connectivity index (χ3n) is 4.65. The fraction of sp³-hybridized carbons (Fsp3) is 0.364. The van der Waals surface area contributed by atoms with Gasteiger partial charge in [-0.05, 0) is 56.3 Å². The van der Waals surface area contributed by atoms with Crippen molar-refractivity contribution in [1.29, 1.82) is 0 Å². The van der Waals surface area contributed by atoms with Crippen LogP contribution in [-0.2, 0) is 4.79 Å². The number of ether oxygens (including phenoxy) is 3. The lowest BCUT2D eigenvalue weighted by Gasteiger charge is -2.18. The second-order valence-corrected chi connectivity index (χ2v) is 6.60. The molecule has 0 saturated carbocycles. The molecule has 1 heterocycles. The van der Waals surface area contributed by atoms with Crippen molar-refractivity contribution in [2.45, 2.75) is 26.3 Å². The first-order valence-electron chi connectivity index (χ1n) is 9.70. The SMILES string of the molecule is CCOc1ccc(C(=O)N[C@H]2CC(=O)N(c3ccc(OC)cc3)C2)cc1OCC. The van der Waals surface area contributed by atoms with Gasteiger partial charge in [0.1, 0.15) is 5.75 Å². The molecule has 29 heavy (non-hydrogen) atoms. The lowest BCUT2D eigenvalue weighted by Crippen LogP contribution is -2.37. The van der Waals surface area contributed by atoms with Gasteiger partial charge in [0.15, 0.2) is 11.5 Å². The molecule has 0 radical (unpaired) electrons. The summed E-state index contributed by atoms with van der Waals surface area (Å²) in [7, 11) is 1.60. The van der Waals surface area contributed by atoms with Gasteiger partial charge in [0.2, 0.25) is 5.91 Å². The molecule has 3 rings (SSSR count). The summed E-state index contributed by atoms with van der Waals surface area (Å²) >= 11 is 0. The van der Waals surface area contributed by atoms with E-state index in [1.54, 1.807) is 30.2 Å². The van der Waals surface area contributed by atoms with E-state index in [9.17, 15) is 9.59 Å². The summed E-state index contributed by atoms with van der Waals surface area (Å²) < 4.78 is 16.3. The minimum absolute atomic E-state index is 0.0258. The number of nitrogens with zero attached hydrogens (tertiary/aromatic N) is 1. The van der Waals surface area contributed by atoms with E-state index in [1.807, 2.05) is 38.1 Å². The molecule has 1 aliphatic rings. The predicted octanol–water partition coefficient (Wildman–Crippen LogP) is 3.03. The Hall–Kier alpha value is -3.22. The monoisotopic (exact) mass is 398 g/mol. The van der Waals surface area contributed by atoms with Crippen LogP contribution in [0.3, 0.4) is 0 Å². The second-order valence-electron chi connectivity index (χ2n) is 6.60. The highest BCUT2D eigenvalue weighted by Gasteiger charge is 2.32. The molecule has 1 N–H and O–H groups in total. The maximum atomic E-state index is 12.7. The van der Waals surface area contributed by atoms with E-state index in [-0.39, 0.29) is 24.3 Å². The van der Waals surface area contributed by atoms with Gasteiger partial charge in [-0.15, -0.1) is 0 Å². The van der Waals surface area contributed by atoms with Crippen LogP contribution < -0.4 is 24.4 Å². The maximum absolute atomic E-state index is 12.7. The summed E-state index contributed by atoms with van der Waals surface area (Å²) in [4.78, 5) is 26.8. The number of anilines is 1. The average Bonchev–Trinajstić information content (AvgIpc) is 3.09. The van der Waals surface area contributed by atoms with E-state index in [0.717, 1.165) is 11.4 Å². The highest BCUT2D eigenvalue weighted by Crippen LogP contribution is 2.29. The van der Waals surface area contributed by atoms with Crippen LogP contribution in [0.5, 0.6) is 17.2 Å². The van der Waals surface area contributed by atoms with E-state index in [0.29, 0.717) is 36.8 Å². The number of carbonyl (C=O) groups is 2. The predicted molar refractivity (Wildman–Crippen MR) is 110 cm³/mol. The van der Waals surface area contributed by atoms with Gasteiger partial charge in [0.05, 0.1) is 26.4 Å². The van der Waals surface area contributed by atoms with E-state index in [2.05, 4.69) is 5.32 Å². The largest absolute Gasteiger partial charge is 0.497 e. The van der Waals surface area contributed by atoms with Crippen LogP contribution in [-0.4, -0.2) is 44.7 Å². The molecule has 2 aromatic carbocycles. The zero-order valence-corrected chi connectivity index (χ0v) is 16.9. The number of methoxy groups -OCH3 is 1. The minimum atomic E-state index is -0.265. The molecule has 0 bridgehead atoms. The van der Waals surface area contributed by atoms with Crippen LogP contribution in [0.25, 0.3) is 0 Å². The molecule has 1 aliphatic heterocycles. The zero-order chi connectivity index (χ0) is 20.8. The highest BCUT2D eigenvalue weighted by atomic mass is 16.5. The summed E-state index contributed by atoms with van der Waals surface area (Å²) in [6.45, 7) is 5.17. The molecule has 1 fully saturated rings. The molecule has 1 atom stereocenters. The third kappa shape index (κ3) is 4.80. The molecular weight excluding hydrogens is 372 g/mol. The quantitative estimate of drug-likeness (QED) is 0.740. The van der Waals surface area contributed by atoms with Gasteiger partial charge >= 0.3 is 0 Å². The van der Waals surface area contributed by atoms with Gasteiger partial charge in [0, 0.05) is 24.2 Å². The van der Waals surface area contributed by atoms with Crippen molar-refractivity contribution in [2.75, 3.05) is 31.8 Å². The van der Waals surface area contributed by atoms with Gasteiger partial charge < -0.3 is 24.4 Å². The Balaban J connectivity index is 1.67. The van der Waals surface area contributed by atoms with Gasteiger partial charge in [0.25, 0.3) is 5.91 Å². The smallest absolute Gasteiger partial charge is 0.251 e. The van der Waals surface area contributed by atoms with E-state index in [1.165, 1.54) is 0 Å². The van der Waals surface area contributed by atoms with Crippen molar-refractivity contribution >= 4 is 17.5 Å². The lowest BCUT2D eigenvalue weighted by molar-refractivity contribution is -0.117. The first-order chi connectivity index (χ1) is 14.0. The summed E-state index contributed by atoms with van der Waals surface area (Å²) in [5.41, 5.74) is 1.25. The van der Waals surface area contributed by atoms with Crippen molar-refractivity contribution < 1.29 is 23.8 Å². The molecule has 0 spiro atoms. The lowest BCUT2D eigenvalue weighted by atomic mass is 10.1. The van der Waals surface area contributed by atoms with E-state index in [4.69, 9.17) is 14.2 Å². The number of benzene rings is 2. The Bertz CT molecular complexity index is 866. The summed E-state index contributed by atoms with van der Waals surface area (Å²) in [6, 6.07) is 12.1. The van der Waals surface area contributed by atoms with E-state index < -0.39 is 0 Å². The Morgan fingerprint density at radius 1 is 1.07 bits per heavy atom. The molecule has 154 valence electrons. The van der Waals surface area contributed by atoms with Gasteiger partial charge in [-0.1, -0.05) is 0 Å². The minimum Gasteiger partial charge on any atom is -0.497 e. The Morgan fingerprint density at radius 2 is 1.76 bits per heavy atom. The van der Waals surface area contributed by atoms with Gasteiger partial charge in [-0.2, -0.15) is 0 Å². The summed E-state index contributed by atoms with van der Waals surface area (Å²) in [6.07, 6.45) is 0.257. The Labute approximate surface area is 170 Å². The summed E-state index contributed by atoms with van der Waals surface area (Å²) in [5.74, 6) is 1.59. The van der Waals surface area contributed by atoms with Crippen LogP contribution in [0.1, 0.15) is 30.6 Å². The molecule has 0 unspecified atom stereocenters. The number of hydrogen-bond acceptors (Lipinski definition) is 5. The number of amides is 2. The number of carbonyl (C=O) groups excluding carboxylic acids is 2. The standard InChI is InChI=1S/C22H26N2O5/c1-4-28-19-11-6-15(12-20(19)29-5-2)22(26)23-16-13-21(25)24(14-16)17-7-9-18(27-3)10-8-17/h6-12,16H,4-5,13-14H2,1-3H3,(H,23,26)/t16-/m0/s1. The molecule has 0 aromatic heterocycles. The fourth-order valence-corrected chi connectivity index (χ4v) is 3.28. The molecule has 2 aromatic rings. The van der Waals surface area contributed by atoms with Crippen LogP contribution in [0.15, 0.2) is 42.5 Å². The van der Waals surface area contributed by atoms with Crippen LogP contribution in [0, 0.1) is 0 Å². The fourth-order valence-electron chi connectivity index (χ4n) is 3.28. The van der Waals surface area contributed by atoms with Gasteiger partial charge in [-0.25, -0.2) is 0 Å². The van der Waals surface area contributed by atoms with Crippen molar-refractivity contribution in [3.63, 3.8) is 0 Å². The van der Waals surface area contributed by atoms with Crippen LogP contribution in [0.2, 0.25) is 0 Å². The average molecular weight is 398 g/mol. The summed E-state index contributed by atoms with van der Waals surface area (Å²) in [5, 5.41) is 2.95. The number of nitrogens with one attached hydrogen (secondary N) is 1. The first kappa shape index (κ1) is 20.5. The molecule has 7 nitrogen and oxygen atoms in total. The number of hydrogen-bond donors (Lipinski definition) is 1. The number of rotatable bonds is 8. The van der Waals surface area contributed by atoms with Crippen molar-refractivity contribution in [3.05, 3.63) is 48.0 Å². The molecular formula is C22H26N2O5. The van der Waals surface area contributed by atoms with Crippen LogP contribution in [0.4, 0.5) is 5.69 Å².